The summed E-state index contributed by atoms with van der Waals surface area (Å²) < 4.78 is 0. The van der Waals surface area contributed by atoms with Gasteiger partial charge >= 0.3 is 0 Å². The second-order valence-electron chi connectivity index (χ2n) is 3.29. The summed E-state index contributed by atoms with van der Waals surface area (Å²) in [6.45, 7) is 4.32. The van der Waals surface area contributed by atoms with Gasteiger partial charge in [-0.1, -0.05) is 18.5 Å². The third kappa shape index (κ3) is 3.12. The van der Waals surface area contributed by atoms with Crippen molar-refractivity contribution < 1.29 is 5.11 Å². The lowest BCUT2D eigenvalue weighted by Crippen LogP contribution is -2.22. The molecule has 2 N–H and O–H groups in total. The van der Waals surface area contributed by atoms with Crippen molar-refractivity contribution in [2.75, 3.05) is 11.9 Å². The molecule has 78 valence electrons. The van der Waals surface area contributed by atoms with Crippen LogP contribution in [0.4, 0.5) is 5.82 Å². The van der Waals surface area contributed by atoms with Crippen molar-refractivity contribution in [2.45, 2.75) is 20.0 Å². The predicted molar refractivity (Wildman–Crippen MR) is 56.4 cm³/mol. The Labute approximate surface area is 88.3 Å². The van der Waals surface area contributed by atoms with Crippen LogP contribution < -0.4 is 5.32 Å². The fourth-order valence-electron chi connectivity index (χ4n) is 0.868. The highest BCUT2D eigenvalue weighted by Gasteiger charge is 2.09. The van der Waals surface area contributed by atoms with E-state index in [0.29, 0.717) is 17.5 Å². The molecule has 1 heterocycles. The predicted octanol–water partition coefficient (Wildman–Crippen LogP) is 1.56. The maximum absolute atomic E-state index is 9.26. The molecule has 0 bridgehead atoms. The van der Waals surface area contributed by atoms with Gasteiger partial charge in [-0.2, -0.15) is 0 Å². The summed E-state index contributed by atoms with van der Waals surface area (Å²) >= 11 is 5.79. The molecule has 0 aliphatic carbocycles. The van der Waals surface area contributed by atoms with Crippen LogP contribution in [-0.4, -0.2) is 27.7 Å². The highest BCUT2D eigenvalue weighted by atomic mass is 35.5. The zero-order chi connectivity index (χ0) is 10.6. The molecule has 4 nitrogen and oxygen atoms in total. The SMILES string of the molecule is CC(O)C(C)CNc1nccnc1Cl. The summed E-state index contributed by atoms with van der Waals surface area (Å²) in [6, 6.07) is 0. The van der Waals surface area contributed by atoms with Gasteiger partial charge in [-0.25, -0.2) is 9.97 Å². The van der Waals surface area contributed by atoms with Gasteiger partial charge in [0.2, 0.25) is 0 Å². The lowest BCUT2D eigenvalue weighted by atomic mass is 10.1. The molecule has 0 aromatic carbocycles. The first kappa shape index (κ1) is 11.2. The number of aliphatic hydroxyl groups excluding tert-OH is 1. The standard InChI is InChI=1S/C9H14ClN3O/c1-6(7(2)14)5-13-9-8(10)11-3-4-12-9/h3-4,6-7,14H,5H2,1-2H3,(H,12,13). The van der Waals surface area contributed by atoms with Crippen LogP contribution in [0.15, 0.2) is 12.4 Å². The van der Waals surface area contributed by atoms with Gasteiger partial charge in [0, 0.05) is 18.9 Å². The van der Waals surface area contributed by atoms with E-state index in [2.05, 4.69) is 15.3 Å². The second kappa shape index (κ2) is 5.12. The van der Waals surface area contributed by atoms with Crippen LogP contribution in [0.3, 0.4) is 0 Å². The summed E-state index contributed by atoms with van der Waals surface area (Å²) in [7, 11) is 0. The van der Waals surface area contributed by atoms with E-state index in [1.807, 2.05) is 6.92 Å². The lowest BCUT2D eigenvalue weighted by Gasteiger charge is -2.15. The van der Waals surface area contributed by atoms with Crippen molar-refractivity contribution in [2.24, 2.45) is 5.92 Å². The highest BCUT2D eigenvalue weighted by Crippen LogP contribution is 2.14. The minimum atomic E-state index is -0.349. The van der Waals surface area contributed by atoms with Gasteiger partial charge in [0.05, 0.1) is 6.10 Å². The largest absolute Gasteiger partial charge is 0.393 e. The van der Waals surface area contributed by atoms with Crippen molar-refractivity contribution in [1.29, 1.82) is 0 Å². The Morgan fingerprint density at radius 2 is 2.07 bits per heavy atom. The van der Waals surface area contributed by atoms with E-state index in [9.17, 15) is 5.11 Å². The number of nitrogens with zero attached hydrogens (tertiary/aromatic N) is 2. The lowest BCUT2D eigenvalue weighted by molar-refractivity contribution is 0.141. The quantitative estimate of drug-likeness (QED) is 0.801. The van der Waals surface area contributed by atoms with E-state index in [-0.39, 0.29) is 12.0 Å². The van der Waals surface area contributed by atoms with Crippen molar-refractivity contribution in [3.8, 4) is 0 Å². The Morgan fingerprint density at radius 1 is 1.43 bits per heavy atom. The number of rotatable bonds is 4. The van der Waals surface area contributed by atoms with Gasteiger partial charge < -0.3 is 10.4 Å². The molecule has 0 spiro atoms. The van der Waals surface area contributed by atoms with Gasteiger partial charge in [-0.15, -0.1) is 0 Å². The minimum absolute atomic E-state index is 0.146. The summed E-state index contributed by atoms with van der Waals surface area (Å²) in [5.41, 5.74) is 0. The number of halogens is 1. The van der Waals surface area contributed by atoms with Crippen LogP contribution in [0.1, 0.15) is 13.8 Å². The van der Waals surface area contributed by atoms with Crippen LogP contribution in [0.5, 0.6) is 0 Å². The van der Waals surface area contributed by atoms with Crippen LogP contribution >= 0.6 is 11.6 Å². The summed E-state index contributed by atoms with van der Waals surface area (Å²) in [6.07, 6.45) is 2.75. The molecule has 1 aromatic heterocycles. The van der Waals surface area contributed by atoms with Crippen molar-refractivity contribution in [1.82, 2.24) is 9.97 Å². The number of nitrogens with one attached hydrogen (secondary N) is 1. The molecule has 0 aliphatic heterocycles. The molecule has 14 heavy (non-hydrogen) atoms. The van der Waals surface area contributed by atoms with E-state index in [4.69, 9.17) is 11.6 Å². The maximum atomic E-state index is 9.26. The number of hydrogen-bond donors (Lipinski definition) is 2. The van der Waals surface area contributed by atoms with Crippen LogP contribution in [0.2, 0.25) is 5.15 Å². The third-order valence-corrected chi connectivity index (χ3v) is 2.35. The molecule has 0 saturated heterocycles. The highest BCUT2D eigenvalue weighted by molar-refractivity contribution is 6.31. The van der Waals surface area contributed by atoms with E-state index in [1.165, 1.54) is 6.20 Å². The van der Waals surface area contributed by atoms with E-state index >= 15 is 0 Å². The first-order valence-electron chi connectivity index (χ1n) is 4.49. The molecule has 0 fully saturated rings. The fraction of sp³-hybridized carbons (Fsp3) is 0.556. The zero-order valence-electron chi connectivity index (χ0n) is 8.24. The first-order chi connectivity index (χ1) is 6.61. The number of anilines is 1. The molecule has 0 amide bonds. The first-order valence-corrected chi connectivity index (χ1v) is 4.87. The number of aliphatic hydroxyl groups is 1. The molecule has 0 radical (unpaired) electrons. The van der Waals surface area contributed by atoms with Gasteiger partial charge in [-0.3, -0.25) is 0 Å². The van der Waals surface area contributed by atoms with Crippen LogP contribution in [-0.2, 0) is 0 Å². The summed E-state index contributed by atoms with van der Waals surface area (Å²) in [5, 5.41) is 12.6. The average molecular weight is 216 g/mol. The molecule has 0 saturated carbocycles. The molecular weight excluding hydrogens is 202 g/mol. The molecule has 2 atom stereocenters. The van der Waals surface area contributed by atoms with Crippen molar-refractivity contribution >= 4 is 17.4 Å². The maximum Gasteiger partial charge on any atom is 0.171 e. The molecular formula is C9H14ClN3O. The fourth-order valence-corrected chi connectivity index (χ4v) is 1.04. The van der Waals surface area contributed by atoms with Crippen molar-refractivity contribution in [3.63, 3.8) is 0 Å². The summed E-state index contributed by atoms with van der Waals surface area (Å²) in [5.74, 6) is 0.703. The van der Waals surface area contributed by atoms with Gasteiger partial charge in [0.1, 0.15) is 0 Å². The molecule has 1 aromatic rings. The van der Waals surface area contributed by atoms with E-state index in [1.54, 1.807) is 13.1 Å². The van der Waals surface area contributed by atoms with Gasteiger partial charge in [-0.05, 0) is 12.8 Å². The third-order valence-electron chi connectivity index (χ3n) is 2.07. The molecule has 5 heteroatoms. The van der Waals surface area contributed by atoms with Gasteiger partial charge in [0.15, 0.2) is 11.0 Å². The average Bonchev–Trinajstić information content (AvgIpc) is 2.16. The summed E-state index contributed by atoms with van der Waals surface area (Å²) in [4.78, 5) is 7.90. The van der Waals surface area contributed by atoms with Gasteiger partial charge in [0.25, 0.3) is 0 Å². The minimum Gasteiger partial charge on any atom is -0.393 e. The van der Waals surface area contributed by atoms with Crippen LogP contribution in [0, 0.1) is 5.92 Å². The normalized spacial score (nSPS) is 14.9. The zero-order valence-corrected chi connectivity index (χ0v) is 8.99. The topological polar surface area (TPSA) is 58.0 Å². The Kier molecular flexibility index (Phi) is 4.10. The van der Waals surface area contributed by atoms with E-state index in [0.717, 1.165) is 0 Å². The van der Waals surface area contributed by atoms with Crippen LogP contribution in [0.25, 0.3) is 0 Å². The van der Waals surface area contributed by atoms with E-state index < -0.39 is 0 Å². The monoisotopic (exact) mass is 215 g/mol. The number of aromatic nitrogens is 2. The molecule has 2 unspecified atom stereocenters. The Hall–Kier alpha value is -0.870. The smallest absolute Gasteiger partial charge is 0.171 e. The Morgan fingerprint density at radius 3 is 2.64 bits per heavy atom. The Balaban J connectivity index is 2.50. The number of hydrogen-bond acceptors (Lipinski definition) is 4. The molecule has 0 aliphatic rings. The Bertz CT molecular complexity index is 293. The molecule has 1 rings (SSSR count). The second-order valence-corrected chi connectivity index (χ2v) is 3.65. The van der Waals surface area contributed by atoms with Crippen molar-refractivity contribution in [3.05, 3.63) is 17.5 Å².